The van der Waals surface area contributed by atoms with Crippen LogP contribution in [0.3, 0.4) is 0 Å². The minimum Gasteiger partial charge on any atom is -0.457 e. The van der Waals surface area contributed by atoms with Gasteiger partial charge in [-0.15, -0.1) is 0 Å². The third-order valence-electron chi connectivity index (χ3n) is 2.33. The molecule has 0 fully saturated rings. The van der Waals surface area contributed by atoms with Gasteiger partial charge in [-0.25, -0.2) is 4.39 Å². The molecule has 0 spiro atoms. The van der Waals surface area contributed by atoms with Crippen molar-refractivity contribution in [2.75, 3.05) is 0 Å². The number of hydrogen-bond acceptors (Lipinski definition) is 2. The van der Waals surface area contributed by atoms with Crippen molar-refractivity contribution in [3.8, 4) is 11.5 Å². The minimum atomic E-state index is -0.311. The maximum atomic E-state index is 12.7. The van der Waals surface area contributed by atoms with Crippen molar-refractivity contribution >= 4 is 0 Å². The highest BCUT2D eigenvalue weighted by atomic mass is 19.1. The Morgan fingerprint density at radius 1 is 0.882 bits per heavy atom. The van der Waals surface area contributed by atoms with Crippen LogP contribution in [0.5, 0.6) is 11.5 Å². The molecule has 0 N–H and O–H groups in total. The molecule has 2 rings (SSSR count). The van der Waals surface area contributed by atoms with E-state index < -0.39 is 0 Å². The average Bonchev–Trinajstić information content (AvgIpc) is 2.48. The Bertz CT molecular complexity index is 576. The van der Waals surface area contributed by atoms with Gasteiger partial charge in [-0.1, -0.05) is 6.07 Å². The van der Waals surface area contributed by atoms with Gasteiger partial charge in [0.2, 0.25) is 0 Å². The fourth-order valence-corrected chi connectivity index (χ4v) is 1.34. The first kappa shape index (κ1) is 11.3. The van der Waals surface area contributed by atoms with E-state index in [4.69, 9.17) is 4.74 Å². The first-order valence-corrected chi connectivity index (χ1v) is 5.19. The standard InChI is InChI=1S/C14H11FO2/c1-10-2-5-12(8-9-14(10)16)17-13-6-3-11(15)4-7-13/h2-9H,1H3. The molecule has 0 aliphatic rings. The molecule has 0 aliphatic heterocycles. The van der Waals surface area contributed by atoms with E-state index in [9.17, 15) is 9.18 Å². The van der Waals surface area contributed by atoms with Crippen LogP contribution >= 0.6 is 0 Å². The van der Waals surface area contributed by atoms with E-state index in [-0.39, 0.29) is 11.2 Å². The predicted octanol–water partition coefficient (Wildman–Crippen LogP) is 3.29. The Labute approximate surface area is 98.3 Å². The highest BCUT2D eigenvalue weighted by Gasteiger charge is 1.97. The highest BCUT2D eigenvalue weighted by Crippen LogP contribution is 2.20. The summed E-state index contributed by atoms with van der Waals surface area (Å²) in [5, 5.41) is 0. The number of hydrogen-bond donors (Lipinski definition) is 0. The van der Waals surface area contributed by atoms with E-state index >= 15 is 0 Å². The molecule has 0 heterocycles. The second-order valence-corrected chi connectivity index (χ2v) is 3.67. The summed E-state index contributed by atoms with van der Waals surface area (Å²) in [6, 6.07) is 12.2. The minimum absolute atomic E-state index is 0.0426. The second kappa shape index (κ2) is 4.78. The van der Waals surface area contributed by atoms with Crippen LogP contribution in [0.25, 0.3) is 0 Å². The molecule has 0 radical (unpaired) electrons. The fraction of sp³-hybridized carbons (Fsp3) is 0.0714. The summed E-state index contributed by atoms with van der Waals surface area (Å²) >= 11 is 0. The predicted molar refractivity (Wildman–Crippen MR) is 63.9 cm³/mol. The lowest BCUT2D eigenvalue weighted by atomic mass is 10.3. The van der Waals surface area contributed by atoms with E-state index in [1.807, 2.05) is 0 Å². The van der Waals surface area contributed by atoms with Crippen molar-refractivity contribution < 1.29 is 9.13 Å². The lowest BCUT2D eigenvalue weighted by Gasteiger charge is -2.02. The van der Waals surface area contributed by atoms with Crippen LogP contribution in [-0.4, -0.2) is 0 Å². The molecule has 2 nitrogen and oxygen atoms in total. The van der Waals surface area contributed by atoms with Crippen LogP contribution in [0.1, 0.15) is 5.56 Å². The number of ether oxygens (including phenoxy) is 1. The van der Waals surface area contributed by atoms with Gasteiger partial charge in [0.25, 0.3) is 0 Å². The normalized spacial score (nSPS) is 10.0. The van der Waals surface area contributed by atoms with Crippen molar-refractivity contribution in [1.29, 1.82) is 0 Å². The van der Waals surface area contributed by atoms with Crippen LogP contribution in [0.4, 0.5) is 4.39 Å². The Kier molecular flexibility index (Phi) is 3.19. The van der Waals surface area contributed by atoms with E-state index in [1.165, 1.54) is 30.3 Å². The Hall–Kier alpha value is -2.16. The number of aryl methyl sites for hydroxylation is 1. The van der Waals surface area contributed by atoms with Gasteiger partial charge in [-0.3, -0.25) is 4.79 Å². The van der Waals surface area contributed by atoms with Gasteiger partial charge in [0, 0.05) is 0 Å². The van der Waals surface area contributed by atoms with Crippen molar-refractivity contribution in [3.63, 3.8) is 0 Å². The van der Waals surface area contributed by atoms with Crippen molar-refractivity contribution in [2.45, 2.75) is 6.92 Å². The first-order chi connectivity index (χ1) is 8.15. The summed E-state index contributed by atoms with van der Waals surface area (Å²) in [7, 11) is 0. The summed E-state index contributed by atoms with van der Waals surface area (Å²) < 4.78 is 18.2. The van der Waals surface area contributed by atoms with Gasteiger partial charge in [0.05, 0.1) is 0 Å². The number of rotatable bonds is 2. The maximum Gasteiger partial charge on any atom is 0.181 e. The first-order valence-electron chi connectivity index (χ1n) is 5.19. The zero-order chi connectivity index (χ0) is 12.3. The Balaban J connectivity index is 2.28. The summed E-state index contributed by atoms with van der Waals surface area (Å²) in [5.41, 5.74) is 0.609. The Morgan fingerprint density at radius 2 is 1.41 bits per heavy atom. The van der Waals surface area contributed by atoms with Crippen molar-refractivity contribution in [1.82, 2.24) is 0 Å². The molecule has 0 atom stereocenters. The molecule has 0 aromatic heterocycles. The summed E-state index contributed by atoms with van der Waals surface area (Å²) in [5.74, 6) is 0.762. The highest BCUT2D eigenvalue weighted by molar-refractivity contribution is 5.31. The van der Waals surface area contributed by atoms with Gasteiger partial charge in [0.1, 0.15) is 17.3 Å². The smallest absolute Gasteiger partial charge is 0.181 e. The number of halogens is 1. The van der Waals surface area contributed by atoms with Gasteiger partial charge in [0.15, 0.2) is 5.43 Å². The SMILES string of the molecule is Cc1ccc(Oc2ccc(F)cc2)ccc1=O. The van der Waals surface area contributed by atoms with Gasteiger partial charge < -0.3 is 4.74 Å². The zero-order valence-corrected chi connectivity index (χ0v) is 9.31. The molecule has 3 heteroatoms. The molecular formula is C14H11FO2. The topological polar surface area (TPSA) is 26.3 Å². The van der Waals surface area contributed by atoms with E-state index in [2.05, 4.69) is 0 Å². The van der Waals surface area contributed by atoms with Crippen LogP contribution in [-0.2, 0) is 0 Å². The fourth-order valence-electron chi connectivity index (χ4n) is 1.34. The summed E-state index contributed by atoms with van der Waals surface area (Å²) in [4.78, 5) is 11.4. The molecule has 0 saturated carbocycles. The van der Waals surface area contributed by atoms with Gasteiger partial charge >= 0.3 is 0 Å². The van der Waals surface area contributed by atoms with Crippen LogP contribution in [0.15, 0.2) is 53.3 Å². The van der Waals surface area contributed by atoms with Gasteiger partial charge in [-0.2, -0.15) is 0 Å². The molecule has 0 aliphatic carbocycles. The lowest BCUT2D eigenvalue weighted by molar-refractivity contribution is 0.481. The van der Waals surface area contributed by atoms with E-state index in [0.717, 1.165) is 0 Å². The summed E-state index contributed by atoms with van der Waals surface area (Å²) in [6.45, 7) is 1.74. The van der Waals surface area contributed by atoms with Crippen molar-refractivity contribution in [3.05, 3.63) is 70.1 Å². The van der Waals surface area contributed by atoms with E-state index in [0.29, 0.717) is 17.1 Å². The van der Waals surface area contributed by atoms with Crippen LogP contribution in [0.2, 0.25) is 0 Å². The molecule has 17 heavy (non-hydrogen) atoms. The molecular weight excluding hydrogens is 219 g/mol. The van der Waals surface area contributed by atoms with Crippen molar-refractivity contribution in [2.24, 2.45) is 0 Å². The third kappa shape index (κ3) is 2.91. The average molecular weight is 230 g/mol. The molecule has 86 valence electrons. The third-order valence-corrected chi connectivity index (χ3v) is 2.33. The Morgan fingerprint density at radius 3 is 2.06 bits per heavy atom. The monoisotopic (exact) mass is 230 g/mol. The van der Waals surface area contributed by atoms with Crippen LogP contribution in [0, 0.1) is 12.7 Å². The van der Waals surface area contributed by atoms with Gasteiger partial charge in [-0.05, 0) is 55.0 Å². The molecule has 0 saturated heterocycles. The molecule has 0 amide bonds. The van der Waals surface area contributed by atoms with E-state index in [1.54, 1.807) is 25.1 Å². The number of benzene rings is 1. The molecule has 2 aromatic rings. The quantitative estimate of drug-likeness (QED) is 0.791. The lowest BCUT2D eigenvalue weighted by Crippen LogP contribution is -1.96. The molecule has 2 aromatic carbocycles. The zero-order valence-electron chi connectivity index (χ0n) is 9.31. The molecule has 0 bridgehead atoms. The maximum absolute atomic E-state index is 12.7. The molecule has 0 unspecified atom stereocenters. The second-order valence-electron chi connectivity index (χ2n) is 3.67. The van der Waals surface area contributed by atoms with Crippen LogP contribution < -0.4 is 10.2 Å². The largest absolute Gasteiger partial charge is 0.457 e. The summed E-state index contributed by atoms with van der Waals surface area (Å²) in [6.07, 6.45) is 0.